The third-order valence-electron chi connectivity index (χ3n) is 6.73. The smallest absolute Gasteiger partial charge is 0.273 e. The highest BCUT2D eigenvalue weighted by atomic mass is 35.5. The summed E-state index contributed by atoms with van der Waals surface area (Å²) in [6.07, 6.45) is 1.72. The summed E-state index contributed by atoms with van der Waals surface area (Å²) in [5.74, 6) is -2.58. The van der Waals surface area contributed by atoms with Crippen molar-refractivity contribution in [3.63, 3.8) is 0 Å². The number of piperidine rings is 1. The summed E-state index contributed by atoms with van der Waals surface area (Å²) in [6, 6.07) is 7.24. The van der Waals surface area contributed by atoms with Crippen LogP contribution in [-0.2, 0) is 16.7 Å². The number of hydrogen-bond donors (Lipinski definition) is 4. The van der Waals surface area contributed by atoms with Crippen LogP contribution in [0.1, 0.15) is 39.6 Å². The molecule has 214 valence electrons. The Bertz CT molecular complexity index is 1530. The number of aromatic nitrogens is 1. The summed E-state index contributed by atoms with van der Waals surface area (Å²) in [5.41, 5.74) is 11.8. The molecule has 0 saturated carbocycles. The van der Waals surface area contributed by atoms with Crippen molar-refractivity contribution in [3.8, 4) is 16.9 Å². The number of carbonyl (C=O) groups excluding carboxylic acids is 1. The number of primary amides is 1. The molecule has 4 rings (SSSR count). The number of carbonyl (C=O) groups is 1. The Kier molecular flexibility index (Phi) is 8.90. The van der Waals surface area contributed by atoms with Crippen molar-refractivity contribution in [1.82, 2.24) is 9.88 Å². The average Bonchev–Trinajstić information content (AvgIpc) is 2.90. The van der Waals surface area contributed by atoms with E-state index in [-0.39, 0.29) is 45.9 Å². The minimum atomic E-state index is -4.66. The van der Waals surface area contributed by atoms with Crippen LogP contribution in [0.3, 0.4) is 0 Å². The molecule has 3 aromatic rings. The van der Waals surface area contributed by atoms with Gasteiger partial charge in [0.05, 0.1) is 11.1 Å². The lowest BCUT2D eigenvalue weighted by molar-refractivity contribution is 0.0822. The molecular formula is C26H27ClF2N4O6S. The maximum absolute atomic E-state index is 14.2. The second kappa shape index (κ2) is 12.0. The maximum Gasteiger partial charge on any atom is 0.273 e. The van der Waals surface area contributed by atoms with Crippen LogP contribution in [0.5, 0.6) is 5.75 Å². The number of amides is 1. The molecule has 1 amide bonds. The molecule has 1 unspecified atom stereocenters. The van der Waals surface area contributed by atoms with Crippen LogP contribution in [0.25, 0.3) is 11.1 Å². The van der Waals surface area contributed by atoms with E-state index in [0.29, 0.717) is 25.9 Å². The summed E-state index contributed by atoms with van der Waals surface area (Å²) in [5, 5.41) is 7.92. The van der Waals surface area contributed by atoms with Crippen molar-refractivity contribution in [2.75, 3.05) is 25.4 Å². The van der Waals surface area contributed by atoms with Gasteiger partial charge in [0.15, 0.2) is 11.6 Å². The molecule has 10 nitrogen and oxygen atoms in total. The van der Waals surface area contributed by atoms with Gasteiger partial charge in [-0.25, -0.2) is 13.8 Å². The number of aliphatic hydroxyl groups excluding tert-OH is 1. The fourth-order valence-corrected chi connectivity index (χ4v) is 5.63. The molecule has 0 radical (unpaired) electrons. The molecular weight excluding hydrogens is 570 g/mol. The number of likely N-dealkylation sites (tertiary alicyclic amines) is 1. The first-order valence-electron chi connectivity index (χ1n) is 12.2. The van der Waals surface area contributed by atoms with E-state index in [4.69, 9.17) is 27.8 Å². The van der Waals surface area contributed by atoms with Gasteiger partial charge in [0, 0.05) is 42.5 Å². The number of benzene rings is 2. The lowest BCUT2D eigenvalue weighted by Gasteiger charge is -2.32. The first-order valence-corrected chi connectivity index (χ1v) is 14.0. The van der Waals surface area contributed by atoms with Gasteiger partial charge in [0.25, 0.3) is 10.1 Å². The van der Waals surface area contributed by atoms with E-state index in [0.717, 1.165) is 12.1 Å². The van der Waals surface area contributed by atoms with Crippen LogP contribution in [0.4, 0.5) is 14.6 Å². The molecule has 0 bridgehead atoms. The van der Waals surface area contributed by atoms with Crippen LogP contribution < -0.4 is 16.2 Å². The molecule has 2 aromatic carbocycles. The zero-order chi connectivity index (χ0) is 29.2. The van der Waals surface area contributed by atoms with E-state index in [1.165, 1.54) is 30.5 Å². The Labute approximate surface area is 234 Å². The first kappa shape index (κ1) is 29.6. The van der Waals surface area contributed by atoms with Gasteiger partial charge >= 0.3 is 0 Å². The van der Waals surface area contributed by atoms with Crippen LogP contribution >= 0.6 is 11.6 Å². The number of halogens is 3. The monoisotopic (exact) mass is 596 g/mol. The van der Waals surface area contributed by atoms with Gasteiger partial charge in [-0.05, 0) is 54.3 Å². The fourth-order valence-electron chi connectivity index (χ4n) is 4.50. The van der Waals surface area contributed by atoms with Gasteiger partial charge in [-0.3, -0.25) is 9.35 Å². The summed E-state index contributed by atoms with van der Waals surface area (Å²) in [7, 11) is -4.66. The highest BCUT2D eigenvalue weighted by molar-refractivity contribution is 7.86. The normalized spacial score (nSPS) is 15.6. The van der Waals surface area contributed by atoms with Crippen LogP contribution in [-0.4, -0.2) is 59.6 Å². The second-order valence-electron chi connectivity index (χ2n) is 9.42. The zero-order valence-corrected chi connectivity index (χ0v) is 22.6. The van der Waals surface area contributed by atoms with Crippen molar-refractivity contribution in [1.29, 1.82) is 0 Å². The summed E-state index contributed by atoms with van der Waals surface area (Å²) >= 11 is 5.88. The van der Waals surface area contributed by atoms with E-state index < -0.39 is 50.6 Å². The Morgan fingerprint density at radius 3 is 2.50 bits per heavy atom. The lowest BCUT2D eigenvalue weighted by atomic mass is 9.95. The molecule has 40 heavy (non-hydrogen) atoms. The number of aliphatic hydroxyl groups is 1. The van der Waals surface area contributed by atoms with Crippen molar-refractivity contribution >= 4 is 33.4 Å². The molecule has 1 aliphatic rings. The largest absolute Gasteiger partial charge is 0.485 e. The highest BCUT2D eigenvalue weighted by Crippen LogP contribution is 2.37. The van der Waals surface area contributed by atoms with Crippen molar-refractivity contribution in [2.24, 2.45) is 5.73 Å². The number of hydrogen-bond acceptors (Lipinski definition) is 8. The molecule has 1 aromatic heterocycles. The van der Waals surface area contributed by atoms with Gasteiger partial charge in [0.2, 0.25) is 5.91 Å². The molecule has 2 heterocycles. The number of nitrogens with zero attached hydrogens (tertiary/aromatic N) is 2. The second-order valence-corrected chi connectivity index (χ2v) is 11.4. The predicted octanol–water partition coefficient (Wildman–Crippen LogP) is 3.33. The Hall–Kier alpha value is -3.36. The van der Waals surface area contributed by atoms with E-state index in [1.54, 1.807) is 0 Å². The van der Waals surface area contributed by atoms with Crippen molar-refractivity contribution in [3.05, 3.63) is 75.9 Å². The SMILES string of the molecule is NC(=O)c1ccc(C(CN2CCC(O)CC2)S(=O)(=O)O)c(-c2cnc(N)c(OCc3c(F)ccc(F)c3Cl)c2)c1. The molecule has 1 aliphatic heterocycles. The zero-order valence-electron chi connectivity index (χ0n) is 21.1. The number of anilines is 1. The molecule has 1 atom stereocenters. The van der Waals surface area contributed by atoms with Gasteiger partial charge < -0.3 is 26.2 Å². The summed E-state index contributed by atoms with van der Waals surface area (Å²) < 4.78 is 69.1. The van der Waals surface area contributed by atoms with Crippen LogP contribution in [0, 0.1) is 11.6 Å². The Morgan fingerprint density at radius 2 is 1.85 bits per heavy atom. The number of pyridine rings is 1. The minimum absolute atomic E-state index is 0.0546. The lowest BCUT2D eigenvalue weighted by Crippen LogP contribution is -2.39. The quantitative estimate of drug-likeness (QED) is 0.214. The predicted molar refractivity (Wildman–Crippen MR) is 144 cm³/mol. The summed E-state index contributed by atoms with van der Waals surface area (Å²) in [6.45, 7) is 0.253. The van der Waals surface area contributed by atoms with Crippen LogP contribution in [0.2, 0.25) is 5.02 Å². The molecule has 14 heteroatoms. The molecule has 0 aliphatic carbocycles. The minimum Gasteiger partial charge on any atom is -0.485 e. The molecule has 1 saturated heterocycles. The molecule has 6 N–H and O–H groups in total. The fraction of sp³-hybridized carbons (Fsp3) is 0.308. The number of nitrogen functional groups attached to an aromatic ring is 1. The van der Waals surface area contributed by atoms with E-state index in [1.807, 2.05) is 4.90 Å². The third-order valence-corrected chi connectivity index (χ3v) is 8.26. The first-order chi connectivity index (χ1) is 18.8. The van der Waals surface area contributed by atoms with Crippen molar-refractivity contribution in [2.45, 2.75) is 30.8 Å². The summed E-state index contributed by atoms with van der Waals surface area (Å²) in [4.78, 5) is 17.9. The van der Waals surface area contributed by atoms with Gasteiger partial charge in [-0.2, -0.15) is 8.42 Å². The van der Waals surface area contributed by atoms with Crippen LogP contribution in [0.15, 0.2) is 42.6 Å². The van der Waals surface area contributed by atoms with Gasteiger partial charge in [0.1, 0.15) is 23.5 Å². The highest BCUT2D eigenvalue weighted by Gasteiger charge is 2.32. The van der Waals surface area contributed by atoms with Gasteiger partial charge in [-0.1, -0.05) is 17.7 Å². The van der Waals surface area contributed by atoms with E-state index in [2.05, 4.69) is 4.98 Å². The molecule has 1 fully saturated rings. The topological polar surface area (TPSA) is 169 Å². The van der Waals surface area contributed by atoms with E-state index >= 15 is 0 Å². The number of ether oxygens (including phenoxy) is 1. The van der Waals surface area contributed by atoms with Crippen molar-refractivity contribution < 1.29 is 36.4 Å². The maximum atomic E-state index is 14.2. The van der Waals surface area contributed by atoms with E-state index in [9.17, 15) is 31.7 Å². The molecule has 0 spiro atoms. The average molecular weight is 597 g/mol. The Balaban J connectivity index is 1.75. The Morgan fingerprint density at radius 1 is 1.18 bits per heavy atom. The number of nitrogens with two attached hydrogens (primary N) is 2. The number of rotatable bonds is 9. The van der Waals surface area contributed by atoms with Gasteiger partial charge in [-0.15, -0.1) is 0 Å². The standard InChI is InChI=1S/C26H27ClF2N4O6S/c27-24-19(20(28)3-4-21(24)29)13-39-22-10-15(11-32-25(22)30)18-9-14(26(31)35)1-2-17(18)23(40(36,37)38)12-33-7-5-16(34)6-8-33/h1-4,9-11,16,23,34H,5-8,12-13H2,(H2,30,32)(H2,31,35)(H,36,37,38). The third kappa shape index (κ3) is 6.67.